The summed E-state index contributed by atoms with van der Waals surface area (Å²) in [5.41, 5.74) is 5.68. The summed E-state index contributed by atoms with van der Waals surface area (Å²) in [7, 11) is 0. The second-order valence-electron chi connectivity index (χ2n) is 4.62. The van der Waals surface area contributed by atoms with E-state index in [0.717, 1.165) is 36.9 Å². The number of hydrogen-bond acceptors (Lipinski definition) is 6. The molecule has 0 aromatic carbocycles. The van der Waals surface area contributed by atoms with Gasteiger partial charge in [0.2, 0.25) is 0 Å². The Morgan fingerprint density at radius 2 is 2.50 bits per heavy atom. The van der Waals surface area contributed by atoms with E-state index in [-0.39, 0.29) is 0 Å². The third kappa shape index (κ3) is 2.45. The molecular formula is C12H16N4OS. The van der Waals surface area contributed by atoms with Crippen LogP contribution in [0.1, 0.15) is 12.2 Å². The van der Waals surface area contributed by atoms with Crippen molar-refractivity contribution in [3.8, 4) is 10.8 Å². The summed E-state index contributed by atoms with van der Waals surface area (Å²) in [5.74, 6) is 2.00. The van der Waals surface area contributed by atoms with Crippen molar-refractivity contribution in [1.29, 1.82) is 0 Å². The Labute approximate surface area is 110 Å². The van der Waals surface area contributed by atoms with Crippen LogP contribution in [0.2, 0.25) is 0 Å². The average Bonchev–Trinajstić information content (AvgIpc) is 3.10. The van der Waals surface area contributed by atoms with E-state index in [1.165, 1.54) is 6.42 Å². The van der Waals surface area contributed by atoms with E-state index in [0.29, 0.717) is 11.8 Å². The fourth-order valence-corrected chi connectivity index (χ4v) is 2.91. The van der Waals surface area contributed by atoms with Crippen LogP contribution < -0.4 is 5.73 Å². The molecule has 1 fully saturated rings. The van der Waals surface area contributed by atoms with Gasteiger partial charge in [-0.1, -0.05) is 11.2 Å². The Morgan fingerprint density at radius 3 is 3.22 bits per heavy atom. The molecule has 0 saturated carbocycles. The summed E-state index contributed by atoms with van der Waals surface area (Å²) in [6.45, 7) is 3.64. The zero-order valence-corrected chi connectivity index (χ0v) is 10.9. The van der Waals surface area contributed by atoms with Crippen molar-refractivity contribution in [3.05, 3.63) is 23.3 Å². The Kier molecular flexibility index (Phi) is 3.40. The lowest BCUT2D eigenvalue weighted by Crippen LogP contribution is -2.23. The van der Waals surface area contributed by atoms with Gasteiger partial charge in [0.25, 0.3) is 5.89 Å². The molecule has 1 atom stereocenters. The molecule has 6 heteroatoms. The minimum Gasteiger partial charge on any atom is -0.333 e. The first-order chi connectivity index (χ1) is 8.85. The quantitative estimate of drug-likeness (QED) is 0.908. The molecule has 2 N–H and O–H groups in total. The second-order valence-corrected chi connectivity index (χ2v) is 5.57. The van der Waals surface area contributed by atoms with Crippen LogP contribution in [0.25, 0.3) is 10.8 Å². The van der Waals surface area contributed by atoms with Gasteiger partial charge in [0.1, 0.15) is 0 Å². The molecule has 3 heterocycles. The number of hydrogen-bond donors (Lipinski definition) is 1. The van der Waals surface area contributed by atoms with E-state index in [2.05, 4.69) is 15.0 Å². The molecule has 96 valence electrons. The summed E-state index contributed by atoms with van der Waals surface area (Å²) in [5, 5.41) is 6.04. The molecule has 5 nitrogen and oxygen atoms in total. The Morgan fingerprint density at radius 1 is 1.56 bits per heavy atom. The molecule has 1 aliphatic rings. The highest BCUT2D eigenvalue weighted by molar-refractivity contribution is 7.13. The maximum Gasteiger partial charge on any atom is 0.268 e. The van der Waals surface area contributed by atoms with Gasteiger partial charge in [-0.25, -0.2) is 0 Å². The van der Waals surface area contributed by atoms with Gasteiger partial charge >= 0.3 is 0 Å². The van der Waals surface area contributed by atoms with Crippen LogP contribution in [0.15, 0.2) is 22.0 Å². The predicted molar refractivity (Wildman–Crippen MR) is 70.0 cm³/mol. The van der Waals surface area contributed by atoms with Crippen LogP contribution >= 0.6 is 11.3 Å². The van der Waals surface area contributed by atoms with Gasteiger partial charge in [-0.15, -0.1) is 11.3 Å². The third-order valence-electron chi connectivity index (χ3n) is 3.27. The molecule has 0 amide bonds. The van der Waals surface area contributed by atoms with Gasteiger partial charge in [-0.3, -0.25) is 4.90 Å². The minimum atomic E-state index is 0.619. The predicted octanol–water partition coefficient (Wildman–Crippen LogP) is 1.58. The molecule has 1 aliphatic heterocycles. The van der Waals surface area contributed by atoms with Crippen molar-refractivity contribution >= 4 is 11.3 Å². The number of nitrogens with two attached hydrogens (primary N) is 1. The highest BCUT2D eigenvalue weighted by Gasteiger charge is 2.22. The second kappa shape index (κ2) is 5.17. The van der Waals surface area contributed by atoms with Crippen LogP contribution in [0.4, 0.5) is 0 Å². The van der Waals surface area contributed by atoms with Crippen molar-refractivity contribution in [2.45, 2.75) is 13.0 Å². The molecule has 0 aliphatic carbocycles. The van der Waals surface area contributed by atoms with Crippen molar-refractivity contribution in [1.82, 2.24) is 15.0 Å². The number of nitrogens with zero attached hydrogens (tertiary/aromatic N) is 3. The zero-order valence-electron chi connectivity index (χ0n) is 10.1. The van der Waals surface area contributed by atoms with Crippen molar-refractivity contribution < 1.29 is 4.52 Å². The lowest BCUT2D eigenvalue weighted by Gasteiger charge is -2.12. The average molecular weight is 264 g/mol. The molecule has 2 aromatic rings. The lowest BCUT2D eigenvalue weighted by atomic mass is 10.1. The van der Waals surface area contributed by atoms with E-state index >= 15 is 0 Å². The van der Waals surface area contributed by atoms with Crippen LogP contribution in [0.5, 0.6) is 0 Å². The van der Waals surface area contributed by atoms with E-state index in [1.807, 2.05) is 17.5 Å². The molecule has 18 heavy (non-hydrogen) atoms. The Balaban J connectivity index is 1.64. The monoisotopic (exact) mass is 264 g/mol. The van der Waals surface area contributed by atoms with Gasteiger partial charge < -0.3 is 10.3 Å². The standard InChI is InChI=1S/C12H16N4OS/c13-6-9-3-4-16(7-9)8-11-14-12(17-15-11)10-2-1-5-18-10/h1-2,5,9H,3-4,6-8,13H2. The number of aromatic nitrogens is 2. The van der Waals surface area contributed by atoms with Crippen LogP contribution in [-0.4, -0.2) is 34.7 Å². The molecule has 2 aromatic heterocycles. The van der Waals surface area contributed by atoms with Gasteiger partial charge in [0, 0.05) is 6.54 Å². The van der Waals surface area contributed by atoms with E-state index < -0.39 is 0 Å². The number of likely N-dealkylation sites (tertiary alicyclic amines) is 1. The fraction of sp³-hybridized carbons (Fsp3) is 0.500. The molecular weight excluding hydrogens is 248 g/mol. The summed E-state index contributed by atoms with van der Waals surface area (Å²) < 4.78 is 5.27. The first-order valence-corrected chi connectivity index (χ1v) is 7.02. The van der Waals surface area contributed by atoms with Crippen LogP contribution in [0.3, 0.4) is 0 Å². The summed E-state index contributed by atoms with van der Waals surface area (Å²) in [4.78, 5) is 7.78. The SMILES string of the molecule is NCC1CCN(Cc2noc(-c3cccs3)n2)C1. The van der Waals surface area contributed by atoms with E-state index in [9.17, 15) is 0 Å². The van der Waals surface area contributed by atoms with E-state index in [1.54, 1.807) is 11.3 Å². The summed E-state index contributed by atoms with van der Waals surface area (Å²) in [6, 6.07) is 3.97. The highest BCUT2D eigenvalue weighted by Crippen LogP contribution is 2.23. The highest BCUT2D eigenvalue weighted by atomic mass is 32.1. The first kappa shape index (κ1) is 11.8. The normalized spacial score (nSPS) is 20.6. The van der Waals surface area contributed by atoms with Crippen molar-refractivity contribution in [2.75, 3.05) is 19.6 Å². The first-order valence-electron chi connectivity index (χ1n) is 6.14. The molecule has 0 spiro atoms. The lowest BCUT2D eigenvalue weighted by molar-refractivity contribution is 0.301. The van der Waals surface area contributed by atoms with Crippen LogP contribution in [0, 0.1) is 5.92 Å². The van der Waals surface area contributed by atoms with Crippen molar-refractivity contribution in [2.24, 2.45) is 11.7 Å². The smallest absolute Gasteiger partial charge is 0.268 e. The van der Waals surface area contributed by atoms with Gasteiger partial charge in [-0.05, 0) is 36.9 Å². The molecule has 1 unspecified atom stereocenters. The largest absolute Gasteiger partial charge is 0.333 e. The zero-order chi connectivity index (χ0) is 12.4. The summed E-state index contributed by atoms with van der Waals surface area (Å²) >= 11 is 1.61. The van der Waals surface area contributed by atoms with Gasteiger partial charge in [0.05, 0.1) is 11.4 Å². The summed E-state index contributed by atoms with van der Waals surface area (Å²) in [6.07, 6.45) is 1.17. The van der Waals surface area contributed by atoms with Gasteiger partial charge in [0.15, 0.2) is 5.82 Å². The van der Waals surface area contributed by atoms with Crippen molar-refractivity contribution in [3.63, 3.8) is 0 Å². The third-order valence-corrected chi connectivity index (χ3v) is 4.13. The Bertz CT molecular complexity index is 496. The maximum absolute atomic E-state index is 5.68. The molecule has 3 rings (SSSR count). The van der Waals surface area contributed by atoms with Crippen LogP contribution in [-0.2, 0) is 6.54 Å². The maximum atomic E-state index is 5.68. The van der Waals surface area contributed by atoms with E-state index in [4.69, 9.17) is 10.3 Å². The number of rotatable bonds is 4. The molecule has 1 saturated heterocycles. The minimum absolute atomic E-state index is 0.619. The Hall–Kier alpha value is -1.24. The molecule has 0 radical (unpaired) electrons. The number of thiophene rings is 1. The van der Waals surface area contributed by atoms with Gasteiger partial charge in [-0.2, -0.15) is 4.98 Å². The topological polar surface area (TPSA) is 68.2 Å². The fourth-order valence-electron chi connectivity index (χ4n) is 2.27. The molecule has 0 bridgehead atoms.